The molecule has 1 aliphatic carbocycles. The third-order valence-electron chi connectivity index (χ3n) is 3.16. The van der Waals surface area contributed by atoms with Crippen LogP contribution in [0.4, 0.5) is 5.69 Å². The number of nitrogens with zero attached hydrogens (tertiary/aromatic N) is 1. The highest BCUT2D eigenvalue weighted by Crippen LogP contribution is 2.28. The number of hydrogen-bond donors (Lipinski definition) is 1. The van der Waals surface area contributed by atoms with Crippen molar-refractivity contribution >= 4 is 39.4 Å². The maximum absolute atomic E-state index is 6.08. The van der Waals surface area contributed by atoms with Gasteiger partial charge in [0.25, 0.3) is 0 Å². The number of aliphatic imine (C=N–C) groups is 1. The van der Waals surface area contributed by atoms with E-state index in [1.165, 1.54) is 16.7 Å². The van der Waals surface area contributed by atoms with Crippen molar-refractivity contribution in [2.75, 3.05) is 12.8 Å². The van der Waals surface area contributed by atoms with Crippen molar-refractivity contribution in [1.29, 1.82) is 0 Å². The Labute approximate surface area is 127 Å². The highest BCUT2D eigenvalue weighted by atomic mass is 79.9. The molecule has 0 heterocycles. The number of aryl methyl sites for hydroxylation is 1. The highest BCUT2D eigenvalue weighted by molar-refractivity contribution is 9.12. The molecule has 0 unspecified atom stereocenters. The molecule has 2 rings (SSSR count). The minimum absolute atomic E-state index is 0.650. The van der Waals surface area contributed by atoms with Gasteiger partial charge in [-0.1, -0.05) is 23.3 Å². The molecule has 4 heteroatoms. The maximum Gasteiger partial charge on any atom is 0.0638 e. The van der Waals surface area contributed by atoms with Crippen LogP contribution in [-0.2, 0) is 12.8 Å². The zero-order chi connectivity index (χ0) is 13.8. The summed E-state index contributed by atoms with van der Waals surface area (Å²) in [5.41, 5.74) is 10.4. The Kier molecular flexibility index (Phi) is 4.83. The summed E-state index contributed by atoms with van der Waals surface area (Å²) in [6.45, 7) is 0. The SMILES string of the molecule is CN=C/C(Br)=C\C1=CCc2cc(N)c(Cl)cc2CC1. The average Bonchev–Trinajstić information content (AvgIpc) is 2.54. The monoisotopic (exact) mass is 338 g/mol. The second-order valence-corrected chi connectivity index (χ2v) is 5.86. The molecule has 2 N–H and O–H groups in total. The lowest BCUT2D eigenvalue weighted by Crippen LogP contribution is -1.95. The van der Waals surface area contributed by atoms with E-state index in [9.17, 15) is 0 Å². The van der Waals surface area contributed by atoms with Gasteiger partial charge in [0, 0.05) is 17.7 Å². The second-order valence-electron chi connectivity index (χ2n) is 4.54. The van der Waals surface area contributed by atoms with E-state index in [1.54, 1.807) is 13.3 Å². The third kappa shape index (κ3) is 3.71. The van der Waals surface area contributed by atoms with Crippen molar-refractivity contribution in [3.8, 4) is 0 Å². The molecular weight excluding hydrogens is 324 g/mol. The van der Waals surface area contributed by atoms with Crippen LogP contribution >= 0.6 is 27.5 Å². The Morgan fingerprint density at radius 1 is 1.37 bits per heavy atom. The van der Waals surface area contributed by atoms with Gasteiger partial charge < -0.3 is 5.73 Å². The van der Waals surface area contributed by atoms with E-state index in [4.69, 9.17) is 17.3 Å². The highest BCUT2D eigenvalue weighted by Gasteiger charge is 2.10. The van der Waals surface area contributed by atoms with E-state index in [0.29, 0.717) is 10.7 Å². The van der Waals surface area contributed by atoms with Crippen molar-refractivity contribution < 1.29 is 0 Å². The molecule has 0 aromatic heterocycles. The van der Waals surface area contributed by atoms with Gasteiger partial charge in [-0.3, -0.25) is 4.99 Å². The summed E-state index contributed by atoms with van der Waals surface area (Å²) >= 11 is 9.57. The van der Waals surface area contributed by atoms with Crippen molar-refractivity contribution in [2.24, 2.45) is 4.99 Å². The first-order valence-electron chi connectivity index (χ1n) is 6.15. The van der Waals surface area contributed by atoms with E-state index >= 15 is 0 Å². The van der Waals surface area contributed by atoms with E-state index in [2.05, 4.69) is 33.1 Å². The van der Waals surface area contributed by atoms with Crippen LogP contribution in [0.2, 0.25) is 5.02 Å². The molecule has 100 valence electrons. The first-order chi connectivity index (χ1) is 9.10. The van der Waals surface area contributed by atoms with Crippen LogP contribution in [-0.4, -0.2) is 13.3 Å². The molecule has 2 nitrogen and oxygen atoms in total. The molecule has 1 aromatic carbocycles. The summed E-state index contributed by atoms with van der Waals surface area (Å²) in [5.74, 6) is 0. The molecule has 0 fully saturated rings. The summed E-state index contributed by atoms with van der Waals surface area (Å²) in [6, 6.07) is 3.98. The predicted molar refractivity (Wildman–Crippen MR) is 87.4 cm³/mol. The van der Waals surface area contributed by atoms with Crippen LogP contribution in [0.5, 0.6) is 0 Å². The van der Waals surface area contributed by atoms with Gasteiger partial charge in [-0.15, -0.1) is 0 Å². The fourth-order valence-corrected chi connectivity index (χ4v) is 2.88. The number of hydrogen-bond acceptors (Lipinski definition) is 2. The quantitative estimate of drug-likeness (QED) is 0.632. The maximum atomic E-state index is 6.08. The number of anilines is 1. The van der Waals surface area contributed by atoms with Crippen molar-refractivity contribution in [2.45, 2.75) is 19.3 Å². The summed E-state index contributed by atoms with van der Waals surface area (Å²) in [4.78, 5) is 3.99. The first kappa shape index (κ1) is 14.4. The van der Waals surface area contributed by atoms with Crippen LogP contribution in [0, 0.1) is 0 Å². The van der Waals surface area contributed by atoms with Gasteiger partial charge in [0.2, 0.25) is 0 Å². The average molecular weight is 340 g/mol. The summed E-state index contributed by atoms with van der Waals surface area (Å²) < 4.78 is 0.991. The number of fused-ring (bicyclic) bond motifs is 1. The Bertz CT molecular complexity index is 574. The van der Waals surface area contributed by atoms with Crippen molar-refractivity contribution in [3.63, 3.8) is 0 Å². The van der Waals surface area contributed by atoms with Gasteiger partial charge in [-0.05, 0) is 64.5 Å². The molecule has 0 radical (unpaired) electrons. The van der Waals surface area contributed by atoms with E-state index in [0.717, 1.165) is 23.7 Å². The molecule has 19 heavy (non-hydrogen) atoms. The smallest absolute Gasteiger partial charge is 0.0638 e. The van der Waals surface area contributed by atoms with Gasteiger partial charge in [0.05, 0.1) is 10.7 Å². The van der Waals surface area contributed by atoms with Crippen molar-refractivity contribution in [3.05, 3.63) is 50.5 Å². The van der Waals surface area contributed by atoms with Crippen LogP contribution in [0.15, 0.2) is 39.3 Å². The van der Waals surface area contributed by atoms with Gasteiger partial charge >= 0.3 is 0 Å². The zero-order valence-corrected chi connectivity index (χ0v) is 13.1. The lowest BCUT2D eigenvalue weighted by molar-refractivity contribution is 0.970. The Morgan fingerprint density at radius 3 is 2.89 bits per heavy atom. The van der Waals surface area contributed by atoms with Crippen LogP contribution in [0.25, 0.3) is 0 Å². The van der Waals surface area contributed by atoms with Gasteiger partial charge in [-0.2, -0.15) is 0 Å². The topological polar surface area (TPSA) is 38.4 Å². The molecule has 0 amide bonds. The Hall–Kier alpha value is -1.06. The fourth-order valence-electron chi connectivity index (χ4n) is 2.19. The van der Waals surface area contributed by atoms with E-state index in [1.807, 2.05) is 12.1 Å². The summed E-state index contributed by atoms with van der Waals surface area (Å²) in [6.07, 6.45) is 9.04. The zero-order valence-electron chi connectivity index (χ0n) is 10.8. The van der Waals surface area contributed by atoms with E-state index in [-0.39, 0.29) is 0 Å². The number of benzene rings is 1. The summed E-state index contributed by atoms with van der Waals surface area (Å²) in [7, 11) is 1.76. The molecule has 1 aliphatic rings. The Balaban J connectivity index is 2.24. The minimum Gasteiger partial charge on any atom is -0.398 e. The standard InChI is InChI=1S/C15H16BrClN2/c1-19-9-13(16)6-10-2-4-11-7-14(17)15(18)8-12(11)5-3-10/h3,6-9H,2,4-5,18H2,1H3/b13-6+,19-9?. The first-order valence-corrected chi connectivity index (χ1v) is 7.32. The summed E-state index contributed by atoms with van der Waals surface area (Å²) in [5, 5.41) is 0.650. The normalized spacial score (nSPS) is 16.2. The molecule has 0 spiro atoms. The van der Waals surface area contributed by atoms with Crippen LogP contribution in [0.1, 0.15) is 17.5 Å². The van der Waals surface area contributed by atoms with Gasteiger partial charge in [0.15, 0.2) is 0 Å². The second kappa shape index (κ2) is 6.40. The molecule has 0 aliphatic heterocycles. The Morgan fingerprint density at radius 2 is 2.16 bits per heavy atom. The molecular formula is C15H16BrClN2. The van der Waals surface area contributed by atoms with Gasteiger partial charge in [-0.25, -0.2) is 0 Å². The number of nitrogens with two attached hydrogens (primary N) is 1. The largest absolute Gasteiger partial charge is 0.398 e. The van der Waals surface area contributed by atoms with Crippen molar-refractivity contribution in [1.82, 2.24) is 0 Å². The third-order valence-corrected chi connectivity index (χ3v) is 3.92. The predicted octanol–water partition coefficient (Wildman–Crippen LogP) is 4.32. The molecule has 1 aromatic rings. The lowest BCUT2D eigenvalue weighted by Gasteiger charge is -2.07. The van der Waals surface area contributed by atoms with E-state index < -0.39 is 0 Å². The molecule has 0 bridgehead atoms. The number of halogens is 2. The van der Waals surface area contributed by atoms with Gasteiger partial charge in [0.1, 0.15) is 0 Å². The molecule has 0 saturated heterocycles. The number of rotatable bonds is 2. The lowest BCUT2D eigenvalue weighted by atomic mass is 10.0. The molecule has 0 atom stereocenters. The van der Waals surface area contributed by atoms with Crippen LogP contribution < -0.4 is 5.73 Å². The fraction of sp³-hybridized carbons (Fsp3) is 0.267. The van der Waals surface area contributed by atoms with Crippen LogP contribution in [0.3, 0.4) is 0 Å². The minimum atomic E-state index is 0.650. The molecule has 0 saturated carbocycles. The number of nitrogen functional groups attached to an aromatic ring is 1. The number of allylic oxidation sites excluding steroid dienone is 4.